The summed E-state index contributed by atoms with van der Waals surface area (Å²) in [4.78, 5) is 11.2. The number of piperazine rings is 1. The molecule has 2 aromatic rings. The Bertz CT molecular complexity index is 971. The summed E-state index contributed by atoms with van der Waals surface area (Å²) < 4.78 is 29.7. The van der Waals surface area contributed by atoms with Crippen molar-refractivity contribution in [3.8, 4) is 0 Å². The summed E-state index contributed by atoms with van der Waals surface area (Å²) in [6.45, 7) is 5.83. The Kier molecular flexibility index (Phi) is 9.65. The molecule has 3 rings (SSSR count). The lowest BCUT2D eigenvalue weighted by Crippen LogP contribution is -2.47. The molecule has 10 nitrogen and oxygen atoms in total. The van der Waals surface area contributed by atoms with Gasteiger partial charge in [0.1, 0.15) is 12.2 Å². The van der Waals surface area contributed by atoms with E-state index in [0.717, 1.165) is 18.9 Å². The SMILES string of the molecule is CCNC(=NCc1ccccc1S(=O)(=O)N1CCN(C)CC1)NCc1ncnn1C.I. The standard InChI is InChI=1S/C19H30N8O2S.HI/c1-4-20-19(22-14-18-23-15-24-26(18)3)21-13-16-7-5-6-8-17(16)30(28,29)27-11-9-25(2)10-12-27;/h5-8,15H,4,9-14H2,1-3H3,(H2,20,21,22);1H. The minimum atomic E-state index is -3.55. The third kappa shape index (κ3) is 6.60. The van der Waals surface area contributed by atoms with Gasteiger partial charge in [-0.2, -0.15) is 9.40 Å². The van der Waals surface area contributed by atoms with Gasteiger partial charge >= 0.3 is 0 Å². The Balaban J connectivity index is 0.00000341. The van der Waals surface area contributed by atoms with Crippen molar-refractivity contribution in [3.05, 3.63) is 42.0 Å². The molecule has 0 amide bonds. The Morgan fingerprint density at radius 1 is 1.13 bits per heavy atom. The summed E-state index contributed by atoms with van der Waals surface area (Å²) in [6, 6.07) is 7.08. The minimum absolute atomic E-state index is 0. The van der Waals surface area contributed by atoms with E-state index in [1.165, 1.54) is 6.33 Å². The number of aromatic nitrogens is 3. The fourth-order valence-electron chi connectivity index (χ4n) is 3.20. The van der Waals surface area contributed by atoms with Gasteiger partial charge in [-0.3, -0.25) is 4.68 Å². The second kappa shape index (κ2) is 11.7. The number of aryl methyl sites for hydroxylation is 1. The van der Waals surface area contributed by atoms with Gasteiger partial charge in [0.15, 0.2) is 5.96 Å². The quantitative estimate of drug-likeness (QED) is 0.290. The Morgan fingerprint density at radius 3 is 2.48 bits per heavy atom. The molecule has 0 atom stereocenters. The predicted molar refractivity (Wildman–Crippen MR) is 131 cm³/mol. The number of aliphatic imine (C=N–C) groups is 1. The second-order valence-electron chi connectivity index (χ2n) is 7.16. The molecule has 1 aliphatic heterocycles. The first kappa shape index (κ1) is 25.5. The summed E-state index contributed by atoms with van der Waals surface area (Å²) in [6.07, 6.45) is 1.50. The largest absolute Gasteiger partial charge is 0.357 e. The van der Waals surface area contributed by atoms with E-state index in [2.05, 4.69) is 30.6 Å². The van der Waals surface area contributed by atoms with Gasteiger partial charge in [-0.25, -0.2) is 18.4 Å². The van der Waals surface area contributed by atoms with Crippen LogP contribution in [0.4, 0.5) is 0 Å². The van der Waals surface area contributed by atoms with Crippen LogP contribution in [0.5, 0.6) is 0 Å². The molecule has 1 aromatic carbocycles. The maximum Gasteiger partial charge on any atom is 0.243 e. The summed E-state index contributed by atoms with van der Waals surface area (Å²) in [5.74, 6) is 1.37. The molecule has 31 heavy (non-hydrogen) atoms. The van der Waals surface area contributed by atoms with Gasteiger partial charge < -0.3 is 15.5 Å². The number of nitrogens with one attached hydrogen (secondary N) is 2. The van der Waals surface area contributed by atoms with Crippen molar-refractivity contribution < 1.29 is 8.42 Å². The fraction of sp³-hybridized carbons (Fsp3) is 0.526. The molecule has 0 aliphatic carbocycles. The highest BCUT2D eigenvalue weighted by Crippen LogP contribution is 2.22. The van der Waals surface area contributed by atoms with Crippen LogP contribution in [0.1, 0.15) is 18.3 Å². The van der Waals surface area contributed by atoms with Crippen molar-refractivity contribution in [2.45, 2.75) is 24.9 Å². The lowest BCUT2D eigenvalue weighted by Gasteiger charge is -2.32. The molecule has 0 saturated carbocycles. The van der Waals surface area contributed by atoms with Gasteiger partial charge in [0.05, 0.1) is 18.0 Å². The van der Waals surface area contributed by atoms with Crippen LogP contribution in [-0.2, 0) is 30.2 Å². The normalized spacial score (nSPS) is 16.0. The number of hydrogen-bond donors (Lipinski definition) is 2. The van der Waals surface area contributed by atoms with Crippen LogP contribution in [-0.4, -0.2) is 78.1 Å². The monoisotopic (exact) mass is 562 g/mol. The van der Waals surface area contributed by atoms with Gasteiger partial charge in [0, 0.05) is 39.8 Å². The first-order chi connectivity index (χ1) is 14.4. The van der Waals surface area contributed by atoms with E-state index in [4.69, 9.17) is 0 Å². The highest BCUT2D eigenvalue weighted by molar-refractivity contribution is 14.0. The molecular weight excluding hydrogens is 531 g/mol. The van der Waals surface area contributed by atoms with E-state index in [0.29, 0.717) is 42.6 Å². The first-order valence-corrected chi connectivity index (χ1v) is 11.5. The fourth-order valence-corrected chi connectivity index (χ4v) is 4.84. The summed E-state index contributed by atoms with van der Waals surface area (Å²) in [7, 11) is 0.275. The summed E-state index contributed by atoms with van der Waals surface area (Å²) in [5.41, 5.74) is 0.673. The highest BCUT2D eigenvalue weighted by Gasteiger charge is 2.29. The molecular formula is C19H31IN8O2S. The molecule has 2 N–H and O–H groups in total. The molecule has 0 spiro atoms. The minimum Gasteiger partial charge on any atom is -0.357 e. The van der Waals surface area contributed by atoms with E-state index >= 15 is 0 Å². The zero-order valence-corrected chi connectivity index (χ0v) is 21.3. The molecule has 1 aromatic heterocycles. The Labute approximate surface area is 201 Å². The van der Waals surface area contributed by atoms with Crippen molar-refractivity contribution in [1.29, 1.82) is 0 Å². The van der Waals surface area contributed by atoms with Gasteiger partial charge in [-0.05, 0) is 25.6 Å². The van der Waals surface area contributed by atoms with Crippen LogP contribution in [0.2, 0.25) is 0 Å². The molecule has 172 valence electrons. The molecule has 1 fully saturated rings. The first-order valence-electron chi connectivity index (χ1n) is 10.0. The molecule has 0 unspecified atom stereocenters. The number of sulfonamides is 1. The average molecular weight is 562 g/mol. The topological polar surface area (TPSA) is 108 Å². The van der Waals surface area contributed by atoms with Crippen LogP contribution < -0.4 is 10.6 Å². The smallest absolute Gasteiger partial charge is 0.243 e. The third-order valence-corrected chi connectivity index (χ3v) is 7.02. The number of nitrogens with zero attached hydrogens (tertiary/aromatic N) is 6. The van der Waals surface area contributed by atoms with Crippen LogP contribution in [0.15, 0.2) is 40.5 Å². The van der Waals surface area contributed by atoms with Crippen molar-refractivity contribution in [2.75, 3.05) is 39.8 Å². The number of hydrogen-bond acceptors (Lipinski definition) is 6. The van der Waals surface area contributed by atoms with E-state index in [1.807, 2.05) is 33.2 Å². The van der Waals surface area contributed by atoms with Gasteiger partial charge in [0.25, 0.3) is 0 Å². The average Bonchev–Trinajstić information content (AvgIpc) is 3.15. The predicted octanol–water partition coefficient (Wildman–Crippen LogP) is 0.625. The van der Waals surface area contributed by atoms with E-state index < -0.39 is 10.0 Å². The van der Waals surface area contributed by atoms with Gasteiger partial charge in [-0.15, -0.1) is 24.0 Å². The molecule has 2 heterocycles. The zero-order chi connectivity index (χ0) is 21.6. The van der Waals surface area contributed by atoms with Crippen LogP contribution in [0.25, 0.3) is 0 Å². The number of benzene rings is 1. The highest BCUT2D eigenvalue weighted by atomic mass is 127. The van der Waals surface area contributed by atoms with Crippen molar-refractivity contribution in [2.24, 2.45) is 12.0 Å². The lowest BCUT2D eigenvalue weighted by atomic mass is 10.2. The lowest BCUT2D eigenvalue weighted by molar-refractivity contribution is 0.222. The van der Waals surface area contributed by atoms with Crippen molar-refractivity contribution >= 4 is 40.0 Å². The zero-order valence-electron chi connectivity index (χ0n) is 18.2. The van der Waals surface area contributed by atoms with Crippen LogP contribution in [0.3, 0.4) is 0 Å². The Morgan fingerprint density at radius 2 is 1.84 bits per heavy atom. The number of halogens is 1. The van der Waals surface area contributed by atoms with Crippen LogP contribution in [0, 0.1) is 0 Å². The summed E-state index contributed by atoms with van der Waals surface area (Å²) in [5, 5.41) is 10.4. The van der Waals surface area contributed by atoms with Crippen molar-refractivity contribution in [3.63, 3.8) is 0 Å². The molecule has 1 aliphatic rings. The molecule has 1 saturated heterocycles. The van der Waals surface area contributed by atoms with E-state index in [-0.39, 0.29) is 30.5 Å². The summed E-state index contributed by atoms with van der Waals surface area (Å²) >= 11 is 0. The third-order valence-electron chi connectivity index (χ3n) is 5.02. The Hall–Kier alpha value is -1.77. The van der Waals surface area contributed by atoms with Gasteiger partial charge in [-0.1, -0.05) is 18.2 Å². The number of guanidine groups is 1. The molecule has 12 heteroatoms. The van der Waals surface area contributed by atoms with Crippen molar-refractivity contribution in [1.82, 2.24) is 34.6 Å². The van der Waals surface area contributed by atoms with E-state index in [1.54, 1.807) is 21.1 Å². The second-order valence-corrected chi connectivity index (χ2v) is 9.07. The van der Waals surface area contributed by atoms with E-state index in [9.17, 15) is 8.42 Å². The maximum absolute atomic E-state index is 13.2. The van der Waals surface area contributed by atoms with Crippen LogP contribution >= 0.6 is 24.0 Å². The number of rotatable bonds is 7. The maximum atomic E-state index is 13.2. The number of likely N-dealkylation sites (N-methyl/N-ethyl adjacent to an activating group) is 1. The van der Waals surface area contributed by atoms with Gasteiger partial charge in [0.2, 0.25) is 10.0 Å². The molecule has 0 radical (unpaired) electrons. The molecule has 0 bridgehead atoms.